The first-order chi connectivity index (χ1) is 9.69. The lowest BCUT2D eigenvalue weighted by molar-refractivity contribution is 0.533. The van der Waals surface area contributed by atoms with Crippen molar-refractivity contribution in [2.75, 3.05) is 0 Å². The van der Waals surface area contributed by atoms with Gasteiger partial charge in [0.1, 0.15) is 11.3 Å². The van der Waals surface area contributed by atoms with Gasteiger partial charge >= 0.3 is 5.69 Å². The van der Waals surface area contributed by atoms with Crippen LogP contribution in [0.3, 0.4) is 0 Å². The van der Waals surface area contributed by atoms with E-state index in [9.17, 15) is 9.59 Å². The number of nitrogens with zero attached hydrogens (tertiary/aromatic N) is 2. The first-order valence-corrected chi connectivity index (χ1v) is 7.40. The monoisotopic (exact) mass is 276 g/mol. The van der Waals surface area contributed by atoms with Crippen molar-refractivity contribution >= 4 is 11.2 Å². The Morgan fingerprint density at radius 1 is 1.25 bits per heavy atom. The highest BCUT2D eigenvalue weighted by atomic mass is 16.2. The van der Waals surface area contributed by atoms with E-state index in [0.29, 0.717) is 23.6 Å². The first-order valence-electron chi connectivity index (χ1n) is 7.40. The van der Waals surface area contributed by atoms with Crippen molar-refractivity contribution in [1.82, 2.24) is 19.5 Å². The lowest BCUT2D eigenvalue weighted by Crippen LogP contribution is -2.30. The van der Waals surface area contributed by atoms with Crippen molar-refractivity contribution in [3.63, 3.8) is 0 Å². The molecular formula is C14H20N4O2. The predicted octanol–water partition coefficient (Wildman–Crippen LogP) is 1.56. The maximum atomic E-state index is 11.9. The Morgan fingerprint density at radius 3 is 2.70 bits per heavy atom. The van der Waals surface area contributed by atoms with Crippen molar-refractivity contribution < 1.29 is 0 Å². The maximum Gasteiger partial charge on any atom is 0.330 e. The van der Waals surface area contributed by atoms with Crippen LogP contribution in [-0.2, 0) is 13.0 Å². The molecule has 2 aromatic heterocycles. The highest BCUT2D eigenvalue weighted by Crippen LogP contribution is 2.27. The molecule has 20 heavy (non-hydrogen) atoms. The zero-order chi connectivity index (χ0) is 14.1. The summed E-state index contributed by atoms with van der Waals surface area (Å²) in [4.78, 5) is 33.7. The average Bonchev–Trinajstić information content (AvgIpc) is 3.04. The van der Waals surface area contributed by atoms with Crippen LogP contribution < -0.4 is 11.2 Å². The van der Waals surface area contributed by atoms with E-state index in [4.69, 9.17) is 0 Å². The van der Waals surface area contributed by atoms with E-state index < -0.39 is 0 Å². The van der Waals surface area contributed by atoms with Crippen LogP contribution >= 0.6 is 0 Å². The minimum Gasteiger partial charge on any atom is -0.336 e. The Kier molecular flexibility index (Phi) is 3.46. The van der Waals surface area contributed by atoms with E-state index in [1.54, 1.807) is 4.57 Å². The fraction of sp³-hybridized carbons (Fsp3) is 0.643. The number of nitrogens with one attached hydrogen (secondary N) is 2. The quantitative estimate of drug-likeness (QED) is 0.888. The summed E-state index contributed by atoms with van der Waals surface area (Å²) in [6, 6.07) is 0. The van der Waals surface area contributed by atoms with E-state index in [0.717, 1.165) is 18.7 Å². The number of hydrogen-bond donors (Lipinski definition) is 2. The lowest BCUT2D eigenvalue weighted by Gasteiger charge is -2.04. The van der Waals surface area contributed by atoms with Crippen LogP contribution in [0.2, 0.25) is 0 Å². The summed E-state index contributed by atoms with van der Waals surface area (Å²) in [6.45, 7) is 2.56. The molecule has 108 valence electrons. The summed E-state index contributed by atoms with van der Waals surface area (Å²) >= 11 is 0. The number of aryl methyl sites for hydroxylation is 1. The maximum absolute atomic E-state index is 11.9. The molecule has 2 heterocycles. The van der Waals surface area contributed by atoms with Gasteiger partial charge in [0.2, 0.25) is 0 Å². The van der Waals surface area contributed by atoms with Gasteiger partial charge in [0.15, 0.2) is 5.65 Å². The summed E-state index contributed by atoms with van der Waals surface area (Å²) in [7, 11) is 0. The third-order valence-corrected chi connectivity index (χ3v) is 4.09. The molecule has 0 amide bonds. The molecule has 0 aliphatic heterocycles. The SMILES string of the molecule is CCCn1c(=O)[nH]c(=O)c2[nH]c(CC3CCCC3)nc21. The molecule has 1 aliphatic rings. The molecular weight excluding hydrogens is 256 g/mol. The molecule has 0 atom stereocenters. The molecule has 0 saturated heterocycles. The van der Waals surface area contributed by atoms with Gasteiger partial charge in [0, 0.05) is 13.0 Å². The van der Waals surface area contributed by atoms with Crippen LogP contribution in [0, 0.1) is 5.92 Å². The Balaban J connectivity index is 2.04. The lowest BCUT2D eigenvalue weighted by atomic mass is 10.0. The number of aromatic nitrogens is 4. The fourth-order valence-electron chi connectivity index (χ4n) is 3.10. The summed E-state index contributed by atoms with van der Waals surface area (Å²) in [6.07, 6.45) is 6.72. The molecule has 2 N–H and O–H groups in total. The third kappa shape index (κ3) is 2.30. The largest absolute Gasteiger partial charge is 0.336 e. The molecule has 6 nitrogen and oxygen atoms in total. The van der Waals surface area contributed by atoms with E-state index >= 15 is 0 Å². The molecule has 1 fully saturated rings. The molecule has 3 rings (SSSR count). The minimum atomic E-state index is -0.373. The number of imidazole rings is 1. The fourth-order valence-corrected chi connectivity index (χ4v) is 3.10. The molecule has 1 aliphatic carbocycles. The van der Waals surface area contributed by atoms with Crippen molar-refractivity contribution in [2.45, 2.75) is 52.0 Å². The average molecular weight is 276 g/mol. The zero-order valence-corrected chi connectivity index (χ0v) is 11.7. The minimum absolute atomic E-state index is 0.372. The smallest absolute Gasteiger partial charge is 0.330 e. The number of H-pyrrole nitrogens is 2. The standard InChI is InChI=1S/C14H20N4O2/c1-2-7-18-12-11(13(19)17-14(18)20)15-10(16-12)8-9-5-3-4-6-9/h9H,2-8H2,1H3,(H,15,16)(H,17,19,20). The summed E-state index contributed by atoms with van der Waals surface area (Å²) < 4.78 is 1.55. The molecule has 0 spiro atoms. The van der Waals surface area contributed by atoms with Gasteiger partial charge in [-0.15, -0.1) is 0 Å². The van der Waals surface area contributed by atoms with Gasteiger partial charge in [-0.3, -0.25) is 14.3 Å². The van der Waals surface area contributed by atoms with Gasteiger partial charge in [-0.05, 0) is 12.3 Å². The predicted molar refractivity (Wildman–Crippen MR) is 76.9 cm³/mol. The second-order valence-corrected chi connectivity index (χ2v) is 5.65. The van der Waals surface area contributed by atoms with Crippen LogP contribution in [-0.4, -0.2) is 19.5 Å². The van der Waals surface area contributed by atoms with E-state index in [2.05, 4.69) is 15.0 Å². The highest BCUT2D eigenvalue weighted by molar-refractivity contribution is 5.69. The zero-order valence-electron chi connectivity index (χ0n) is 11.7. The molecule has 0 bridgehead atoms. The van der Waals surface area contributed by atoms with Crippen LogP contribution in [0.5, 0.6) is 0 Å². The van der Waals surface area contributed by atoms with Crippen LogP contribution in [0.25, 0.3) is 11.2 Å². The van der Waals surface area contributed by atoms with Gasteiger partial charge in [0.25, 0.3) is 5.56 Å². The summed E-state index contributed by atoms with van der Waals surface area (Å²) in [5.74, 6) is 1.48. The van der Waals surface area contributed by atoms with E-state index in [1.165, 1.54) is 25.7 Å². The Labute approximate surface area is 116 Å². The van der Waals surface area contributed by atoms with Crippen molar-refractivity contribution in [3.05, 3.63) is 26.7 Å². The number of rotatable bonds is 4. The highest BCUT2D eigenvalue weighted by Gasteiger charge is 2.19. The Morgan fingerprint density at radius 2 is 2.00 bits per heavy atom. The first kappa shape index (κ1) is 13.1. The second kappa shape index (κ2) is 5.26. The van der Waals surface area contributed by atoms with E-state index in [1.807, 2.05) is 6.92 Å². The van der Waals surface area contributed by atoms with Gasteiger partial charge < -0.3 is 4.98 Å². The van der Waals surface area contributed by atoms with Crippen LogP contribution in [0.4, 0.5) is 0 Å². The molecule has 6 heteroatoms. The molecule has 0 radical (unpaired) electrons. The van der Waals surface area contributed by atoms with Gasteiger partial charge in [-0.25, -0.2) is 9.78 Å². The van der Waals surface area contributed by atoms with Crippen molar-refractivity contribution in [3.8, 4) is 0 Å². The number of fused-ring (bicyclic) bond motifs is 1. The number of hydrogen-bond acceptors (Lipinski definition) is 3. The van der Waals surface area contributed by atoms with Crippen LogP contribution in [0.1, 0.15) is 44.9 Å². The molecule has 0 unspecified atom stereocenters. The van der Waals surface area contributed by atoms with Gasteiger partial charge in [0.05, 0.1) is 0 Å². The Bertz CT molecular complexity index is 719. The van der Waals surface area contributed by atoms with Gasteiger partial charge in [-0.1, -0.05) is 32.6 Å². The topological polar surface area (TPSA) is 83.5 Å². The summed E-state index contributed by atoms with van der Waals surface area (Å²) in [5.41, 5.74) is 0.172. The van der Waals surface area contributed by atoms with Crippen LogP contribution in [0.15, 0.2) is 9.59 Å². The molecule has 1 saturated carbocycles. The van der Waals surface area contributed by atoms with Crippen molar-refractivity contribution in [2.24, 2.45) is 5.92 Å². The van der Waals surface area contributed by atoms with Gasteiger partial charge in [-0.2, -0.15) is 0 Å². The second-order valence-electron chi connectivity index (χ2n) is 5.65. The summed E-state index contributed by atoms with van der Waals surface area (Å²) in [5, 5.41) is 0. The number of aromatic amines is 2. The normalized spacial score (nSPS) is 16.2. The van der Waals surface area contributed by atoms with Crippen molar-refractivity contribution in [1.29, 1.82) is 0 Å². The third-order valence-electron chi connectivity index (χ3n) is 4.09. The molecule has 0 aromatic carbocycles. The van der Waals surface area contributed by atoms with E-state index in [-0.39, 0.29) is 11.2 Å². The Hall–Kier alpha value is -1.85. The molecule has 2 aromatic rings.